The molecule has 0 saturated carbocycles. The van der Waals surface area contributed by atoms with Crippen molar-refractivity contribution in [1.29, 1.82) is 0 Å². The van der Waals surface area contributed by atoms with Crippen LogP contribution in [-0.4, -0.2) is 5.78 Å². The van der Waals surface area contributed by atoms with E-state index in [1.54, 1.807) is 0 Å². The van der Waals surface area contributed by atoms with E-state index in [2.05, 4.69) is 15.9 Å². The maximum atomic E-state index is 13.0. The van der Waals surface area contributed by atoms with Crippen LogP contribution in [0.1, 0.15) is 15.2 Å². The Morgan fingerprint density at radius 2 is 1.76 bits per heavy atom. The lowest BCUT2D eigenvalue weighted by Crippen LogP contribution is -2.00. The van der Waals surface area contributed by atoms with Crippen LogP contribution in [0.25, 0.3) is 0 Å². The molecule has 17 heavy (non-hydrogen) atoms. The van der Waals surface area contributed by atoms with Gasteiger partial charge in [-0.2, -0.15) is 0 Å². The standard InChI is InChI=1S/C11H4BrClF2OS/c12-8-4-9(17-11(8)13)10(16)5-1-6(14)3-7(15)2-5/h1-4H. The highest BCUT2D eigenvalue weighted by Gasteiger charge is 2.15. The molecule has 1 nitrogen and oxygen atoms in total. The summed E-state index contributed by atoms with van der Waals surface area (Å²) in [4.78, 5) is 12.2. The molecule has 0 bridgehead atoms. The number of hydrogen-bond donors (Lipinski definition) is 0. The van der Waals surface area contributed by atoms with Crippen LogP contribution in [0.5, 0.6) is 0 Å². The fraction of sp³-hybridized carbons (Fsp3) is 0. The number of hydrogen-bond acceptors (Lipinski definition) is 2. The van der Waals surface area contributed by atoms with E-state index in [9.17, 15) is 13.6 Å². The van der Waals surface area contributed by atoms with Crippen LogP contribution in [-0.2, 0) is 0 Å². The van der Waals surface area contributed by atoms with Crippen LogP contribution in [0.4, 0.5) is 8.78 Å². The predicted octanol–water partition coefficient (Wildman–Crippen LogP) is 4.67. The third kappa shape index (κ3) is 2.73. The van der Waals surface area contributed by atoms with Crippen molar-refractivity contribution >= 4 is 44.7 Å². The van der Waals surface area contributed by atoms with Gasteiger partial charge in [0, 0.05) is 16.1 Å². The van der Waals surface area contributed by atoms with Gasteiger partial charge in [-0.3, -0.25) is 4.79 Å². The second-order valence-corrected chi connectivity index (χ2v) is 5.73. The van der Waals surface area contributed by atoms with Gasteiger partial charge in [0.05, 0.1) is 4.88 Å². The molecule has 0 aliphatic heterocycles. The van der Waals surface area contributed by atoms with E-state index < -0.39 is 17.4 Å². The number of benzene rings is 1. The van der Waals surface area contributed by atoms with Gasteiger partial charge in [0.2, 0.25) is 5.78 Å². The zero-order chi connectivity index (χ0) is 12.6. The first-order chi connectivity index (χ1) is 7.97. The second-order valence-electron chi connectivity index (χ2n) is 3.22. The van der Waals surface area contributed by atoms with Crippen molar-refractivity contribution in [2.45, 2.75) is 0 Å². The normalized spacial score (nSPS) is 10.6. The minimum atomic E-state index is -0.782. The van der Waals surface area contributed by atoms with Gasteiger partial charge in [-0.15, -0.1) is 11.3 Å². The summed E-state index contributed by atoms with van der Waals surface area (Å²) in [6.07, 6.45) is 0. The van der Waals surface area contributed by atoms with Crippen molar-refractivity contribution in [3.05, 3.63) is 55.1 Å². The van der Waals surface area contributed by atoms with Crippen LogP contribution >= 0.6 is 38.9 Å². The Balaban J connectivity index is 2.43. The van der Waals surface area contributed by atoms with Crippen molar-refractivity contribution in [3.8, 4) is 0 Å². The van der Waals surface area contributed by atoms with Gasteiger partial charge in [0.25, 0.3) is 0 Å². The molecule has 0 saturated heterocycles. The molecule has 0 amide bonds. The maximum Gasteiger partial charge on any atom is 0.203 e. The molecule has 1 aromatic carbocycles. The number of carbonyl (C=O) groups excluding carboxylic acids is 1. The van der Waals surface area contributed by atoms with Crippen molar-refractivity contribution in [3.63, 3.8) is 0 Å². The zero-order valence-corrected chi connectivity index (χ0v) is 11.3. The van der Waals surface area contributed by atoms with Crippen LogP contribution in [0.3, 0.4) is 0 Å². The molecule has 0 unspecified atom stereocenters. The van der Waals surface area contributed by atoms with Gasteiger partial charge < -0.3 is 0 Å². The number of thiophene rings is 1. The Labute approximate surface area is 113 Å². The molecule has 2 aromatic rings. The predicted molar refractivity (Wildman–Crippen MR) is 66.8 cm³/mol. The molecule has 2 rings (SSSR count). The molecule has 1 heterocycles. The number of ketones is 1. The number of halogens is 4. The highest BCUT2D eigenvalue weighted by Crippen LogP contribution is 2.33. The fourth-order valence-corrected chi connectivity index (χ4v) is 2.95. The minimum Gasteiger partial charge on any atom is -0.288 e. The maximum absolute atomic E-state index is 13.0. The van der Waals surface area contributed by atoms with Crippen molar-refractivity contribution in [2.24, 2.45) is 0 Å². The molecule has 6 heteroatoms. The van der Waals surface area contributed by atoms with E-state index in [4.69, 9.17) is 11.6 Å². The third-order valence-corrected chi connectivity index (χ3v) is 4.47. The molecule has 0 fully saturated rings. The molecule has 0 radical (unpaired) electrons. The van der Waals surface area contributed by atoms with E-state index in [-0.39, 0.29) is 5.56 Å². The number of carbonyl (C=O) groups is 1. The molecule has 0 aliphatic rings. The van der Waals surface area contributed by atoms with Gasteiger partial charge in [-0.05, 0) is 34.1 Å². The van der Waals surface area contributed by atoms with Gasteiger partial charge in [-0.1, -0.05) is 11.6 Å². The van der Waals surface area contributed by atoms with Gasteiger partial charge in [0.1, 0.15) is 16.0 Å². The van der Waals surface area contributed by atoms with Gasteiger partial charge >= 0.3 is 0 Å². The van der Waals surface area contributed by atoms with E-state index >= 15 is 0 Å². The molecule has 88 valence electrons. The van der Waals surface area contributed by atoms with Crippen LogP contribution < -0.4 is 0 Å². The molecule has 1 aromatic heterocycles. The average Bonchev–Trinajstić information content (AvgIpc) is 2.57. The van der Waals surface area contributed by atoms with E-state index in [1.807, 2.05) is 0 Å². The minimum absolute atomic E-state index is 0.0343. The Kier molecular flexibility index (Phi) is 3.61. The summed E-state index contributed by atoms with van der Waals surface area (Å²) >= 11 is 10.0. The van der Waals surface area contributed by atoms with Gasteiger partial charge in [-0.25, -0.2) is 8.78 Å². The zero-order valence-electron chi connectivity index (χ0n) is 8.14. The largest absolute Gasteiger partial charge is 0.288 e. The number of rotatable bonds is 2. The highest BCUT2D eigenvalue weighted by molar-refractivity contribution is 9.10. The summed E-state index contributed by atoms with van der Waals surface area (Å²) in [6, 6.07) is 4.23. The van der Waals surface area contributed by atoms with Crippen molar-refractivity contribution in [1.82, 2.24) is 0 Å². The smallest absolute Gasteiger partial charge is 0.203 e. The Morgan fingerprint density at radius 1 is 1.18 bits per heavy atom. The fourth-order valence-electron chi connectivity index (χ4n) is 1.29. The topological polar surface area (TPSA) is 17.1 Å². The molecular weight excluding hydrogens is 334 g/mol. The van der Waals surface area contributed by atoms with Crippen LogP contribution in [0.2, 0.25) is 4.34 Å². The SMILES string of the molecule is O=C(c1cc(F)cc(F)c1)c1cc(Br)c(Cl)s1. The lowest BCUT2D eigenvalue weighted by Gasteiger charge is -1.98. The lowest BCUT2D eigenvalue weighted by molar-refractivity contribution is 0.104. The van der Waals surface area contributed by atoms with Crippen molar-refractivity contribution < 1.29 is 13.6 Å². The third-order valence-electron chi connectivity index (χ3n) is 1.99. The Hall–Kier alpha value is -0.780. The van der Waals surface area contributed by atoms with E-state index in [0.29, 0.717) is 19.8 Å². The highest BCUT2D eigenvalue weighted by atomic mass is 79.9. The van der Waals surface area contributed by atoms with Crippen LogP contribution in [0.15, 0.2) is 28.7 Å². The Morgan fingerprint density at radius 3 is 2.24 bits per heavy atom. The lowest BCUT2D eigenvalue weighted by atomic mass is 10.1. The summed E-state index contributed by atoms with van der Waals surface area (Å²) in [5.74, 6) is -2.02. The second kappa shape index (κ2) is 4.84. The first-order valence-corrected chi connectivity index (χ1v) is 6.42. The average molecular weight is 338 g/mol. The van der Waals surface area contributed by atoms with E-state index in [0.717, 1.165) is 23.5 Å². The molecule has 0 N–H and O–H groups in total. The quantitative estimate of drug-likeness (QED) is 0.728. The summed E-state index contributed by atoms with van der Waals surface area (Å²) in [5, 5.41) is 0. The summed E-state index contributed by atoms with van der Waals surface area (Å²) in [6.45, 7) is 0. The van der Waals surface area contributed by atoms with E-state index in [1.165, 1.54) is 6.07 Å². The molecular formula is C11H4BrClF2OS. The first kappa shape index (κ1) is 12.7. The monoisotopic (exact) mass is 336 g/mol. The van der Waals surface area contributed by atoms with Crippen LogP contribution in [0, 0.1) is 11.6 Å². The van der Waals surface area contributed by atoms with Crippen molar-refractivity contribution in [2.75, 3.05) is 0 Å². The first-order valence-electron chi connectivity index (χ1n) is 4.43. The Bertz CT molecular complexity index is 557. The molecule has 0 spiro atoms. The summed E-state index contributed by atoms with van der Waals surface area (Å²) < 4.78 is 26.9. The summed E-state index contributed by atoms with van der Waals surface area (Å²) in [7, 11) is 0. The molecule has 0 aliphatic carbocycles. The molecule has 0 atom stereocenters. The summed E-state index contributed by atoms with van der Waals surface area (Å²) in [5.41, 5.74) is -0.0343. The van der Waals surface area contributed by atoms with Gasteiger partial charge in [0.15, 0.2) is 0 Å².